The minimum absolute atomic E-state index is 0.368. The highest BCUT2D eigenvalue weighted by Gasteiger charge is 2.34. The number of hydrogen-bond donors (Lipinski definition) is 1. The van der Waals surface area contributed by atoms with Gasteiger partial charge in [0.25, 0.3) is 0 Å². The van der Waals surface area contributed by atoms with E-state index in [1.165, 1.54) is 37.3 Å². The molecule has 1 atom stereocenters. The molecule has 3 heteroatoms. The Hall–Kier alpha value is -0.180. The third-order valence-electron chi connectivity index (χ3n) is 3.19. The van der Waals surface area contributed by atoms with Crippen molar-refractivity contribution in [3.63, 3.8) is 0 Å². The lowest BCUT2D eigenvalue weighted by Gasteiger charge is -2.39. The molecule has 0 radical (unpaired) electrons. The number of rotatable bonds is 3. The van der Waals surface area contributed by atoms with Gasteiger partial charge in [-0.15, -0.1) is 0 Å². The summed E-state index contributed by atoms with van der Waals surface area (Å²) < 4.78 is 0. The van der Waals surface area contributed by atoms with Gasteiger partial charge in [0.15, 0.2) is 5.17 Å². The number of nitrogens with one attached hydrogen (secondary N) is 1. The molecule has 0 amide bonds. The van der Waals surface area contributed by atoms with Crippen LogP contribution in [0.2, 0.25) is 0 Å². The van der Waals surface area contributed by atoms with Gasteiger partial charge in [0, 0.05) is 10.8 Å². The van der Waals surface area contributed by atoms with Gasteiger partial charge in [-0.2, -0.15) is 0 Å². The lowest BCUT2D eigenvalue weighted by Crippen LogP contribution is -2.49. The van der Waals surface area contributed by atoms with Gasteiger partial charge in [-0.1, -0.05) is 25.1 Å². The molecule has 1 heterocycles. The van der Waals surface area contributed by atoms with Crippen molar-refractivity contribution in [2.24, 2.45) is 4.99 Å². The maximum absolute atomic E-state index is 4.57. The largest absolute Gasteiger partial charge is 0.360 e. The molecule has 14 heavy (non-hydrogen) atoms. The first-order chi connectivity index (χ1) is 6.72. The fourth-order valence-corrected chi connectivity index (χ4v) is 3.32. The molecular weight excluding hydrogens is 192 g/mol. The second kappa shape index (κ2) is 4.13. The zero-order chi connectivity index (χ0) is 10.0. The van der Waals surface area contributed by atoms with Crippen molar-refractivity contribution >= 4 is 16.9 Å². The quantitative estimate of drug-likeness (QED) is 0.778. The van der Waals surface area contributed by atoms with Crippen molar-refractivity contribution in [1.82, 2.24) is 5.32 Å². The van der Waals surface area contributed by atoms with E-state index < -0.39 is 0 Å². The van der Waals surface area contributed by atoms with E-state index in [1.54, 1.807) is 0 Å². The molecule has 1 fully saturated rings. The van der Waals surface area contributed by atoms with Gasteiger partial charge in [-0.25, -0.2) is 0 Å². The monoisotopic (exact) mass is 212 g/mol. The summed E-state index contributed by atoms with van der Waals surface area (Å²) >= 11 is 1.95. The van der Waals surface area contributed by atoms with Crippen molar-refractivity contribution < 1.29 is 0 Å². The van der Waals surface area contributed by atoms with E-state index in [0.717, 1.165) is 11.8 Å². The Kier molecular flexibility index (Phi) is 3.05. The molecule has 1 aliphatic carbocycles. The summed E-state index contributed by atoms with van der Waals surface area (Å²) in [7, 11) is 0. The number of aliphatic imine (C=N–C) groups is 1. The molecule has 0 aromatic carbocycles. The minimum Gasteiger partial charge on any atom is -0.360 e. The van der Waals surface area contributed by atoms with Crippen LogP contribution in [0.4, 0.5) is 0 Å². The lowest BCUT2D eigenvalue weighted by atomic mass is 9.79. The molecule has 0 aromatic heterocycles. The first-order valence-corrected chi connectivity index (χ1v) is 6.59. The van der Waals surface area contributed by atoms with E-state index in [1.807, 2.05) is 11.8 Å². The van der Waals surface area contributed by atoms with Crippen LogP contribution in [0, 0.1) is 0 Å². The molecule has 0 aromatic rings. The van der Waals surface area contributed by atoms with Crippen LogP contribution in [0.15, 0.2) is 4.99 Å². The van der Waals surface area contributed by atoms with E-state index in [0.29, 0.717) is 5.54 Å². The summed E-state index contributed by atoms with van der Waals surface area (Å²) in [6.45, 7) is 5.59. The molecule has 1 aliphatic heterocycles. The van der Waals surface area contributed by atoms with Crippen molar-refractivity contribution in [2.75, 3.05) is 6.54 Å². The molecule has 2 aliphatic rings. The molecule has 1 saturated carbocycles. The molecule has 2 nitrogen and oxygen atoms in total. The van der Waals surface area contributed by atoms with Crippen LogP contribution in [-0.2, 0) is 0 Å². The van der Waals surface area contributed by atoms with E-state index in [-0.39, 0.29) is 0 Å². The van der Waals surface area contributed by atoms with Gasteiger partial charge in [0.1, 0.15) is 0 Å². The third kappa shape index (κ3) is 2.25. The molecule has 1 N–H and O–H groups in total. The van der Waals surface area contributed by atoms with Gasteiger partial charge >= 0.3 is 0 Å². The Morgan fingerprint density at radius 1 is 1.57 bits per heavy atom. The SMILES string of the molecule is CCCC1CN=C(NC2(C)CCC2)S1. The average molecular weight is 212 g/mol. The van der Waals surface area contributed by atoms with Crippen LogP contribution in [0.5, 0.6) is 0 Å². The number of amidine groups is 1. The Labute approximate surface area is 90.9 Å². The van der Waals surface area contributed by atoms with Crippen LogP contribution >= 0.6 is 11.8 Å². The first-order valence-electron chi connectivity index (χ1n) is 5.71. The standard InChI is InChI=1S/C11H20N2S/c1-3-5-9-8-12-10(14-9)13-11(2)6-4-7-11/h9H,3-8H2,1-2H3,(H,12,13). The smallest absolute Gasteiger partial charge is 0.157 e. The van der Waals surface area contributed by atoms with Crippen LogP contribution < -0.4 is 5.32 Å². The fourth-order valence-electron chi connectivity index (χ4n) is 2.05. The van der Waals surface area contributed by atoms with E-state index in [2.05, 4.69) is 24.2 Å². The molecule has 1 unspecified atom stereocenters. The normalized spacial score (nSPS) is 29.6. The van der Waals surface area contributed by atoms with Gasteiger partial charge in [0.2, 0.25) is 0 Å². The molecule has 0 saturated heterocycles. The van der Waals surface area contributed by atoms with E-state index in [4.69, 9.17) is 0 Å². The third-order valence-corrected chi connectivity index (χ3v) is 4.37. The molecule has 80 valence electrons. The Balaban J connectivity index is 1.78. The summed E-state index contributed by atoms with van der Waals surface area (Å²) in [5, 5.41) is 5.53. The van der Waals surface area contributed by atoms with Crippen LogP contribution in [0.3, 0.4) is 0 Å². The van der Waals surface area contributed by atoms with Gasteiger partial charge < -0.3 is 5.32 Å². The van der Waals surface area contributed by atoms with Gasteiger partial charge in [0.05, 0.1) is 6.54 Å². The summed E-state index contributed by atoms with van der Waals surface area (Å²) in [5.74, 6) is 0. The lowest BCUT2D eigenvalue weighted by molar-refractivity contribution is 0.245. The number of nitrogens with zero attached hydrogens (tertiary/aromatic N) is 1. The highest BCUT2D eigenvalue weighted by atomic mass is 32.2. The van der Waals surface area contributed by atoms with Crippen LogP contribution in [0.25, 0.3) is 0 Å². The average Bonchev–Trinajstić information content (AvgIpc) is 2.51. The zero-order valence-electron chi connectivity index (χ0n) is 9.18. The molecule has 2 rings (SSSR count). The maximum Gasteiger partial charge on any atom is 0.157 e. The van der Waals surface area contributed by atoms with Crippen molar-refractivity contribution in [1.29, 1.82) is 0 Å². The van der Waals surface area contributed by atoms with E-state index >= 15 is 0 Å². The highest BCUT2D eigenvalue weighted by Crippen LogP contribution is 2.33. The highest BCUT2D eigenvalue weighted by molar-refractivity contribution is 8.14. The molecule has 0 spiro atoms. The second-order valence-corrected chi connectivity index (χ2v) is 6.00. The number of thioether (sulfide) groups is 1. The van der Waals surface area contributed by atoms with Crippen LogP contribution in [0.1, 0.15) is 46.0 Å². The fraction of sp³-hybridized carbons (Fsp3) is 0.909. The summed E-state index contributed by atoms with van der Waals surface area (Å²) in [4.78, 5) is 4.57. The molecule has 0 bridgehead atoms. The van der Waals surface area contributed by atoms with E-state index in [9.17, 15) is 0 Å². The topological polar surface area (TPSA) is 24.4 Å². The summed E-state index contributed by atoms with van der Waals surface area (Å²) in [6, 6.07) is 0. The van der Waals surface area contributed by atoms with Crippen molar-refractivity contribution in [3.8, 4) is 0 Å². The Bertz CT molecular complexity index is 233. The van der Waals surface area contributed by atoms with Crippen LogP contribution in [-0.4, -0.2) is 22.5 Å². The summed E-state index contributed by atoms with van der Waals surface area (Å²) in [6.07, 6.45) is 6.57. The van der Waals surface area contributed by atoms with Crippen molar-refractivity contribution in [2.45, 2.75) is 56.7 Å². The summed E-state index contributed by atoms with van der Waals surface area (Å²) in [5.41, 5.74) is 0.368. The zero-order valence-corrected chi connectivity index (χ0v) is 9.99. The maximum atomic E-state index is 4.57. The van der Waals surface area contributed by atoms with Gasteiger partial charge in [-0.05, 0) is 32.6 Å². The van der Waals surface area contributed by atoms with Gasteiger partial charge in [-0.3, -0.25) is 4.99 Å². The Morgan fingerprint density at radius 2 is 2.36 bits per heavy atom. The number of hydrogen-bond acceptors (Lipinski definition) is 3. The Morgan fingerprint density at radius 3 is 2.93 bits per heavy atom. The first kappa shape index (κ1) is 10.3. The van der Waals surface area contributed by atoms with Crippen molar-refractivity contribution in [3.05, 3.63) is 0 Å². The molecular formula is C11H20N2S. The predicted octanol–water partition coefficient (Wildman–Crippen LogP) is 2.79. The predicted molar refractivity (Wildman–Crippen MR) is 64.0 cm³/mol. The second-order valence-electron chi connectivity index (χ2n) is 4.71. The minimum atomic E-state index is 0.368.